The number of hydrogen-bond donors (Lipinski definition) is 2. The third-order valence-electron chi connectivity index (χ3n) is 8.28. The van der Waals surface area contributed by atoms with Gasteiger partial charge in [0.2, 0.25) is 5.88 Å². The number of carbonyl (C=O) groups is 2. The van der Waals surface area contributed by atoms with Crippen molar-refractivity contribution in [3.05, 3.63) is 53.3 Å². The maximum Gasteiger partial charge on any atom is 0.410 e. The predicted molar refractivity (Wildman–Crippen MR) is 175 cm³/mol. The Balaban J connectivity index is 1.10. The number of pyridine rings is 2. The molecule has 0 radical (unpaired) electrons. The van der Waals surface area contributed by atoms with Crippen molar-refractivity contribution in [2.75, 3.05) is 25.0 Å². The van der Waals surface area contributed by atoms with E-state index in [-0.39, 0.29) is 60.0 Å². The quantitative estimate of drug-likeness (QED) is 0.156. The first-order chi connectivity index (χ1) is 22.4. The maximum atomic E-state index is 13.1. The number of anilines is 1. The van der Waals surface area contributed by atoms with Gasteiger partial charge in [-0.05, 0) is 90.5 Å². The van der Waals surface area contributed by atoms with Crippen molar-refractivity contribution in [1.82, 2.24) is 29.4 Å². The smallest absolute Gasteiger partial charge is 0.410 e. The van der Waals surface area contributed by atoms with Crippen molar-refractivity contribution in [3.63, 3.8) is 0 Å². The lowest BCUT2D eigenvalue weighted by molar-refractivity contribution is -0.190. The molecule has 2 N–H and O–H groups in total. The number of nitrogens with zero attached hydrogens (tertiary/aromatic N) is 5. The molecule has 2 aliphatic rings. The minimum absolute atomic E-state index is 0.0623. The van der Waals surface area contributed by atoms with Crippen LogP contribution in [0.25, 0.3) is 5.82 Å². The highest BCUT2D eigenvalue weighted by atomic mass is 35.5. The van der Waals surface area contributed by atoms with Gasteiger partial charge in [-0.1, -0.05) is 17.7 Å². The lowest BCUT2D eigenvalue weighted by Gasteiger charge is -2.33. The van der Waals surface area contributed by atoms with Crippen molar-refractivity contribution in [2.45, 2.75) is 82.6 Å². The Morgan fingerprint density at radius 3 is 2.52 bits per heavy atom. The molecule has 48 heavy (non-hydrogen) atoms. The number of rotatable bonds is 11. The van der Waals surface area contributed by atoms with Gasteiger partial charge < -0.3 is 19.7 Å². The number of likely N-dealkylation sites (tertiary alicyclic amines) is 1. The summed E-state index contributed by atoms with van der Waals surface area (Å²) in [5.41, 5.74) is -2.42. The molecule has 1 aliphatic heterocycles. The number of ether oxygens (including phenoxy) is 2. The monoisotopic (exact) mass is 709 g/mol. The van der Waals surface area contributed by atoms with Gasteiger partial charge in [-0.2, -0.15) is 13.2 Å². The van der Waals surface area contributed by atoms with Crippen LogP contribution in [-0.2, 0) is 4.74 Å². The standard InChI is InChI=1S/C32H39ClF3N7O4S/c1-29(2,3)47-28(45)42-19-20(17-30(42,4)5)18-37-22-7-6-8-25(38-22)48-41-27(44)21-9-10-23(39-26(21)33)43-15-11-24(40-43)46-16-14-31(12-13-31)32(34,35)36/h6-11,15,20H,12-14,16-19H2,1-5H3,(H,37,38)(H,41,44). The summed E-state index contributed by atoms with van der Waals surface area (Å²) in [6, 6.07) is 9.96. The average molecular weight is 710 g/mol. The molecule has 1 saturated carbocycles. The molecule has 0 spiro atoms. The normalized spacial score (nSPS) is 18.4. The number of carbonyl (C=O) groups excluding carboxylic acids is 2. The number of alkyl halides is 3. The molecule has 2 amide bonds. The van der Waals surface area contributed by atoms with E-state index in [4.69, 9.17) is 21.1 Å². The van der Waals surface area contributed by atoms with Crippen LogP contribution >= 0.6 is 23.5 Å². The summed E-state index contributed by atoms with van der Waals surface area (Å²) in [6.45, 7) is 10.7. The fourth-order valence-corrected chi connectivity index (χ4v) is 6.38. The van der Waals surface area contributed by atoms with Crippen LogP contribution < -0.4 is 14.8 Å². The number of halogens is 4. The number of aromatic nitrogens is 4. The zero-order valence-corrected chi connectivity index (χ0v) is 28.9. The van der Waals surface area contributed by atoms with Crippen LogP contribution in [0, 0.1) is 11.3 Å². The molecular weight excluding hydrogens is 671 g/mol. The molecule has 5 rings (SSSR count). The third-order valence-corrected chi connectivity index (χ3v) is 9.29. The van der Waals surface area contributed by atoms with Crippen LogP contribution in [0.3, 0.4) is 0 Å². The first-order valence-electron chi connectivity index (χ1n) is 15.6. The Hall–Kier alpha value is -3.72. The topological polar surface area (TPSA) is 124 Å². The van der Waals surface area contributed by atoms with E-state index < -0.39 is 23.1 Å². The van der Waals surface area contributed by atoms with E-state index in [2.05, 4.69) is 25.1 Å². The third kappa shape index (κ3) is 8.65. The summed E-state index contributed by atoms with van der Waals surface area (Å²) in [4.78, 5) is 36.3. The molecule has 11 nitrogen and oxygen atoms in total. The van der Waals surface area contributed by atoms with Crippen LogP contribution in [0.1, 0.15) is 70.7 Å². The molecule has 1 atom stereocenters. The minimum Gasteiger partial charge on any atom is -0.477 e. The largest absolute Gasteiger partial charge is 0.477 e. The fraction of sp³-hybridized carbons (Fsp3) is 0.531. The van der Waals surface area contributed by atoms with Crippen LogP contribution in [-0.4, -0.2) is 73.7 Å². The minimum atomic E-state index is -4.23. The van der Waals surface area contributed by atoms with Gasteiger partial charge in [0.25, 0.3) is 5.91 Å². The Morgan fingerprint density at radius 2 is 1.85 bits per heavy atom. The van der Waals surface area contributed by atoms with E-state index in [0.29, 0.717) is 29.8 Å². The van der Waals surface area contributed by atoms with Gasteiger partial charge in [-0.25, -0.2) is 19.4 Å². The number of amides is 2. The molecular formula is C32H39ClF3N7O4S. The van der Waals surface area contributed by atoms with E-state index in [1.807, 2.05) is 46.8 Å². The van der Waals surface area contributed by atoms with E-state index >= 15 is 0 Å². The summed E-state index contributed by atoms with van der Waals surface area (Å²) in [7, 11) is 0. The molecule has 3 aromatic rings. The Morgan fingerprint density at radius 1 is 1.10 bits per heavy atom. The van der Waals surface area contributed by atoms with Gasteiger partial charge in [0, 0.05) is 42.8 Å². The summed E-state index contributed by atoms with van der Waals surface area (Å²) in [6.07, 6.45) is -2.10. The lowest BCUT2D eigenvalue weighted by Crippen LogP contribution is -2.45. The number of hydrogen-bond acceptors (Lipinski definition) is 9. The van der Waals surface area contributed by atoms with Crippen LogP contribution in [0.5, 0.6) is 5.88 Å². The molecule has 1 saturated heterocycles. The molecule has 0 bridgehead atoms. The zero-order chi connectivity index (χ0) is 34.9. The molecule has 260 valence electrons. The second-order valence-electron chi connectivity index (χ2n) is 13.7. The predicted octanol–water partition coefficient (Wildman–Crippen LogP) is 7.31. The molecule has 3 aromatic heterocycles. The summed E-state index contributed by atoms with van der Waals surface area (Å²) >= 11 is 7.36. The first kappa shape index (κ1) is 35.6. The van der Waals surface area contributed by atoms with E-state index in [9.17, 15) is 22.8 Å². The highest BCUT2D eigenvalue weighted by molar-refractivity contribution is 7.97. The number of nitrogens with one attached hydrogen (secondary N) is 2. The molecule has 2 fully saturated rings. The highest BCUT2D eigenvalue weighted by Crippen LogP contribution is 2.59. The Bertz CT molecular complexity index is 1640. The maximum absolute atomic E-state index is 13.1. The van der Waals surface area contributed by atoms with Gasteiger partial charge in [0.05, 0.1) is 17.6 Å². The van der Waals surface area contributed by atoms with E-state index in [1.54, 1.807) is 17.0 Å². The van der Waals surface area contributed by atoms with Crippen molar-refractivity contribution >= 4 is 41.4 Å². The van der Waals surface area contributed by atoms with E-state index in [1.165, 1.54) is 23.0 Å². The molecule has 4 heterocycles. The zero-order valence-electron chi connectivity index (χ0n) is 27.4. The molecule has 1 aliphatic carbocycles. The Kier molecular flexibility index (Phi) is 10.1. The highest BCUT2D eigenvalue weighted by Gasteiger charge is 2.62. The summed E-state index contributed by atoms with van der Waals surface area (Å²) in [5, 5.41) is 8.03. The van der Waals surface area contributed by atoms with Gasteiger partial charge in [0.1, 0.15) is 21.6 Å². The van der Waals surface area contributed by atoms with Crippen molar-refractivity contribution < 1.29 is 32.2 Å². The molecule has 16 heteroatoms. The SMILES string of the molecule is CC(C)(C)OC(=O)N1CC(CNc2cccc(SNC(=O)c3ccc(-n4ccc(OCCC5(C(F)(F)F)CC5)n4)nc3Cl)n2)CC1(C)C. The van der Waals surface area contributed by atoms with Gasteiger partial charge in [-0.15, -0.1) is 5.10 Å². The second kappa shape index (κ2) is 13.7. The molecule has 1 unspecified atom stereocenters. The van der Waals surface area contributed by atoms with Crippen LogP contribution in [0.15, 0.2) is 47.6 Å². The summed E-state index contributed by atoms with van der Waals surface area (Å²) in [5.74, 6) is 0.794. The lowest BCUT2D eigenvalue weighted by atomic mass is 9.96. The van der Waals surface area contributed by atoms with Crippen molar-refractivity contribution in [3.8, 4) is 11.7 Å². The van der Waals surface area contributed by atoms with Gasteiger partial charge in [-0.3, -0.25) is 9.52 Å². The van der Waals surface area contributed by atoms with Gasteiger partial charge in [0.15, 0.2) is 5.82 Å². The van der Waals surface area contributed by atoms with Crippen molar-refractivity contribution in [2.24, 2.45) is 11.3 Å². The second-order valence-corrected chi connectivity index (χ2v) is 14.9. The molecule has 0 aromatic carbocycles. The fourth-order valence-electron chi connectivity index (χ4n) is 5.55. The first-order valence-corrected chi connectivity index (χ1v) is 16.8. The van der Waals surface area contributed by atoms with Gasteiger partial charge >= 0.3 is 12.3 Å². The van der Waals surface area contributed by atoms with Crippen LogP contribution in [0.2, 0.25) is 5.15 Å². The summed E-state index contributed by atoms with van der Waals surface area (Å²) < 4.78 is 54.5. The van der Waals surface area contributed by atoms with Crippen LogP contribution in [0.4, 0.5) is 23.8 Å². The van der Waals surface area contributed by atoms with Crippen molar-refractivity contribution in [1.29, 1.82) is 0 Å². The Labute approximate surface area is 286 Å². The average Bonchev–Trinajstić information content (AvgIpc) is 3.54. The van der Waals surface area contributed by atoms with E-state index in [0.717, 1.165) is 18.4 Å².